The summed E-state index contributed by atoms with van der Waals surface area (Å²) in [6, 6.07) is 6.35. The molecule has 0 heterocycles. The Morgan fingerprint density at radius 1 is 1.33 bits per heavy atom. The first kappa shape index (κ1) is 12.6. The number of ether oxygens (including phenoxy) is 1. The molecule has 0 saturated heterocycles. The maximum Gasteiger partial charge on any atom is 0.123 e. The van der Waals surface area contributed by atoms with Gasteiger partial charge in [-0.25, -0.2) is 0 Å². The first-order valence-corrected chi connectivity index (χ1v) is 6.35. The summed E-state index contributed by atoms with van der Waals surface area (Å²) in [5, 5.41) is 0. The topological polar surface area (TPSA) is 9.23 Å². The van der Waals surface area contributed by atoms with Gasteiger partial charge in [-0.2, -0.15) is 0 Å². The molecule has 1 unspecified atom stereocenters. The third kappa shape index (κ3) is 3.23. The van der Waals surface area contributed by atoms with E-state index in [9.17, 15) is 0 Å². The fourth-order valence-corrected chi connectivity index (χ4v) is 1.89. The van der Waals surface area contributed by atoms with Crippen LogP contribution in [0.5, 0.6) is 5.75 Å². The average Bonchev–Trinajstić information content (AvgIpc) is 2.20. The minimum atomic E-state index is 0.360. The summed E-state index contributed by atoms with van der Waals surface area (Å²) in [6.07, 6.45) is 0. The molecule has 0 aromatic heterocycles. The maximum absolute atomic E-state index is 5.63. The van der Waals surface area contributed by atoms with Crippen molar-refractivity contribution in [1.82, 2.24) is 0 Å². The summed E-state index contributed by atoms with van der Waals surface area (Å²) in [5.74, 6) is 1.56. The summed E-state index contributed by atoms with van der Waals surface area (Å²) in [5.41, 5.74) is 2.53. The Hall–Kier alpha value is -0.500. The zero-order valence-corrected chi connectivity index (χ0v) is 11.5. The Bertz CT molecular complexity index is 320. The van der Waals surface area contributed by atoms with Crippen LogP contribution in [0, 0.1) is 12.8 Å². The van der Waals surface area contributed by atoms with E-state index >= 15 is 0 Å². The van der Waals surface area contributed by atoms with Crippen molar-refractivity contribution in [2.24, 2.45) is 5.92 Å². The van der Waals surface area contributed by atoms with E-state index in [1.165, 1.54) is 11.1 Å². The van der Waals surface area contributed by atoms with Gasteiger partial charge in [0.25, 0.3) is 0 Å². The highest BCUT2D eigenvalue weighted by atomic mass is 79.9. The molecular weight excluding hydrogens is 252 g/mol. The van der Waals surface area contributed by atoms with E-state index in [0.717, 1.165) is 5.75 Å². The minimum absolute atomic E-state index is 0.360. The van der Waals surface area contributed by atoms with Crippen LogP contribution in [0.3, 0.4) is 0 Å². The number of hydrogen-bond acceptors (Lipinski definition) is 1. The largest absolute Gasteiger partial charge is 0.494 e. The van der Waals surface area contributed by atoms with Crippen LogP contribution in [0.2, 0.25) is 0 Å². The lowest BCUT2D eigenvalue weighted by Crippen LogP contribution is -2.03. The molecule has 84 valence electrons. The van der Waals surface area contributed by atoms with Crippen molar-refractivity contribution in [1.29, 1.82) is 0 Å². The number of alkyl halides is 1. The van der Waals surface area contributed by atoms with E-state index in [1.54, 1.807) is 0 Å². The van der Waals surface area contributed by atoms with Crippen molar-refractivity contribution in [3.05, 3.63) is 29.3 Å². The molecule has 0 fully saturated rings. The lowest BCUT2D eigenvalue weighted by Gasteiger charge is -2.18. The van der Waals surface area contributed by atoms with Gasteiger partial charge in [0.15, 0.2) is 0 Å². The normalized spacial score (nSPS) is 12.9. The molecule has 0 saturated carbocycles. The summed E-state index contributed by atoms with van der Waals surface area (Å²) >= 11 is 3.73. The van der Waals surface area contributed by atoms with Crippen LogP contribution >= 0.6 is 15.9 Å². The molecule has 0 bridgehead atoms. The Labute approximate surface area is 101 Å². The molecule has 0 spiro atoms. The van der Waals surface area contributed by atoms with E-state index in [0.29, 0.717) is 17.4 Å². The van der Waals surface area contributed by atoms with Gasteiger partial charge in [0.2, 0.25) is 0 Å². The molecule has 0 N–H and O–H groups in total. The molecule has 1 aromatic rings. The Balaban J connectivity index is 3.06. The molecule has 1 atom stereocenters. The third-order valence-corrected chi connectivity index (χ3v) is 3.90. The first-order valence-electron chi connectivity index (χ1n) is 5.43. The van der Waals surface area contributed by atoms with Crippen LogP contribution in [-0.4, -0.2) is 6.61 Å². The van der Waals surface area contributed by atoms with Gasteiger partial charge < -0.3 is 4.74 Å². The monoisotopic (exact) mass is 270 g/mol. The summed E-state index contributed by atoms with van der Waals surface area (Å²) < 4.78 is 5.63. The number of hydrogen-bond donors (Lipinski definition) is 0. The summed E-state index contributed by atoms with van der Waals surface area (Å²) in [6.45, 7) is 9.25. The third-order valence-electron chi connectivity index (χ3n) is 2.35. The smallest absolute Gasteiger partial charge is 0.123 e. The molecule has 0 radical (unpaired) electrons. The van der Waals surface area contributed by atoms with Crippen molar-refractivity contribution < 1.29 is 4.74 Å². The van der Waals surface area contributed by atoms with Gasteiger partial charge in [0, 0.05) is 10.4 Å². The molecule has 1 rings (SSSR count). The van der Waals surface area contributed by atoms with Crippen molar-refractivity contribution in [3.8, 4) is 5.75 Å². The quantitative estimate of drug-likeness (QED) is 0.733. The predicted molar refractivity (Wildman–Crippen MR) is 68.9 cm³/mol. The Morgan fingerprint density at radius 2 is 2.00 bits per heavy atom. The van der Waals surface area contributed by atoms with Crippen LogP contribution in [0.15, 0.2) is 18.2 Å². The van der Waals surface area contributed by atoms with Crippen molar-refractivity contribution >= 4 is 15.9 Å². The predicted octanol–water partition coefficient (Wildman–Crippen LogP) is 4.49. The van der Waals surface area contributed by atoms with Gasteiger partial charge in [-0.15, -0.1) is 0 Å². The highest BCUT2D eigenvalue weighted by Crippen LogP contribution is 2.37. The van der Waals surface area contributed by atoms with Crippen molar-refractivity contribution in [3.63, 3.8) is 0 Å². The number of benzene rings is 1. The van der Waals surface area contributed by atoms with Crippen molar-refractivity contribution in [2.75, 3.05) is 6.61 Å². The zero-order valence-electron chi connectivity index (χ0n) is 9.88. The van der Waals surface area contributed by atoms with E-state index in [4.69, 9.17) is 4.74 Å². The van der Waals surface area contributed by atoms with Crippen LogP contribution in [-0.2, 0) is 0 Å². The SMILES string of the molecule is CCOc1ccc(C)cc1C(Br)C(C)C. The molecule has 1 aromatic carbocycles. The van der Waals surface area contributed by atoms with E-state index in [2.05, 4.69) is 54.9 Å². The highest BCUT2D eigenvalue weighted by Gasteiger charge is 2.16. The fourth-order valence-electron chi connectivity index (χ4n) is 1.53. The molecule has 2 heteroatoms. The highest BCUT2D eigenvalue weighted by molar-refractivity contribution is 9.09. The van der Waals surface area contributed by atoms with Crippen LogP contribution in [0.25, 0.3) is 0 Å². The van der Waals surface area contributed by atoms with Crippen molar-refractivity contribution in [2.45, 2.75) is 32.5 Å². The van der Waals surface area contributed by atoms with Gasteiger partial charge in [-0.3, -0.25) is 0 Å². The fraction of sp³-hybridized carbons (Fsp3) is 0.538. The number of rotatable bonds is 4. The second kappa shape index (κ2) is 5.55. The first-order chi connectivity index (χ1) is 7.06. The Morgan fingerprint density at radius 3 is 2.53 bits per heavy atom. The van der Waals surface area contributed by atoms with Gasteiger partial charge in [-0.05, 0) is 25.8 Å². The molecule has 0 aliphatic heterocycles. The molecule has 0 amide bonds. The van der Waals surface area contributed by atoms with E-state index < -0.39 is 0 Å². The van der Waals surface area contributed by atoms with Crippen LogP contribution < -0.4 is 4.74 Å². The average molecular weight is 271 g/mol. The lowest BCUT2D eigenvalue weighted by molar-refractivity contribution is 0.335. The van der Waals surface area contributed by atoms with Gasteiger partial charge >= 0.3 is 0 Å². The summed E-state index contributed by atoms with van der Waals surface area (Å²) in [7, 11) is 0. The second-order valence-electron chi connectivity index (χ2n) is 4.12. The molecule has 0 aliphatic carbocycles. The van der Waals surface area contributed by atoms with Gasteiger partial charge in [0.05, 0.1) is 6.61 Å². The molecular formula is C13H19BrO. The van der Waals surface area contributed by atoms with E-state index in [-0.39, 0.29) is 0 Å². The van der Waals surface area contributed by atoms with Crippen LogP contribution in [0.1, 0.15) is 36.7 Å². The molecule has 1 nitrogen and oxygen atoms in total. The number of aryl methyl sites for hydroxylation is 1. The van der Waals surface area contributed by atoms with Gasteiger partial charge in [0.1, 0.15) is 5.75 Å². The number of halogens is 1. The zero-order chi connectivity index (χ0) is 11.4. The lowest BCUT2D eigenvalue weighted by atomic mass is 10.00. The minimum Gasteiger partial charge on any atom is -0.494 e. The summed E-state index contributed by atoms with van der Waals surface area (Å²) in [4.78, 5) is 0.360. The molecule has 15 heavy (non-hydrogen) atoms. The standard InChI is InChI=1S/C13H19BrO/c1-5-15-12-7-6-10(4)8-11(12)13(14)9(2)3/h6-9,13H,5H2,1-4H3. The maximum atomic E-state index is 5.63. The molecule has 0 aliphatic rings. The van der Waals surface area contributed by atoms with Crippen LogP contribution in [0.4, 0.5) is 0 Å². The van der Waals surface area contributed by atoms with E-state index in [1.807, 2.05) is 6.92 Å². The van der Waals surface area contributed by atoms with Gasteiger partial charge in [-0.1, -0.05) is 47.5 Å². The second-order valence-corrected chi connectivity index (χ2v) is 5.11. The Kier molecular flexibility index (Phi) is 4.65.